The van der Waals surface area contributed by atoms with Gasteiger partial charge in [-0.2, -0.15) is 0 Å². The Hall–Kier alpha value is -0.160. The average molecular weight is 66.0 g/mol. The van der Waals surface area contributed by atoms with Crippen molar-refractivity contribution < 1.29 is 21.0 Å². The first-order chi connectivity index (χ1) is 1.73. The smallest absolute Gasteiger partial charge is 0.0730 e. The normalized spacial score (nSPS) is 9.00. The van der Waals surface area contributed by atoms with Crippen molar-refractivity contribution in [2.45, 2.75) is 0 Å². The second-order valence-electron chi connectivity index (χ2n) is 0.300. The lowest BCUT2D eigenvalue weighted by atomic mass is 13.0. The van der Waals surface area contributed by atoms with Crippen LogP contribution in [0.4, 0.5) is 0 Å². The monoisotopic (exact) mass is 66.0 g/mol. The summed E-state index contributed by atoms with van der Waals surface area (Å²) in [5.74, 6) is 0. The molecule has 4 N–H and O–H groups in total. The Bertz CT molecular complexity index is 8.00. The fourth-order valence-electron chi connectivity index (χ4n) is 0. The summed E-state index contributed by atoms with van der Waals surface area (Å²) in [5.41, 5.74) is 0. The Balaban J connectivity index is 2.32. The van der Waals surface area contributed by atoms with Crippen molar-refractivity contribution in [1.29, 1.82) is 0 Å². The van der Waals surface area contributed by atoms with E-state index in [2.05, 4.69) is 0 Å². The Morgan fingerprint density at radius 1 is 1.00 bits per heavy atom. The summed E-state index contributed by atoms with van der Waals surface area (Å²) in [6.07, 6.45) is 0. The van der Waals surface area contributed by atoms with E-state index < -0.39 is 5.39 Å². The second-order valence-corrected chi connectivity index (χ2v) is 0.300. The molecule has 0 aliphatic rings. The summed E-state index contributed by atoms with van der Waals surface area (Å²) >= 11 is 0. The van der Waals surface area contributed by atoms with E-state index in [1.807, 2.05) is 0 Å². The summed E-state index contributed by atoms with van der Waals surface area (Å²) in [4.78, 5) is 0. The summed E-state index contributed by atoms with van der Waals surface area (Å²) in [7, 11) is 0. The molecule has 0 unspecified atom stereocenters. The first kappa shape index (κ1) is 3.84. The predicted molar refractivity (Wildman–Crippen MR) is 6.32 cm³/mol. The molecule has 0 amide bonds. The maximum atomic E-state index is 7.08. The van der Waals surface area contributed by atoms with E-state index in [1.54, 1.807) is 0 Å². The highest BCUT2D eigenvalue weighted by molar-refractivity contribution is 2.19. The van der Waals surface area contributed by atoms with Crippen molar-refractivity contribution >= 4 is 0 Å². The molecule has 4 nitrogen and oxygen atoms in total. The molecule has 0 radical (unpaired) electrons. The summed E-state index contributed by atoms with van der Waals surface area (Å²) in [5, 5.41) is 19.7. The van der Waals surface area contributed by atoms with Crippen LogP contribution in [-0.2, 0) is 0 Å². The third-order valence-electron chi connectivity index (χ3n) is 0. The lowest BCUT2D eigenvalue weighted by Gasteiger charge is -1.77. The number of rotatable bonds is 0. The minimum absolute atomic E-state index is 1.58. The van der Waals surface area contributed by atoms with Crippen LogP contribution < -0.4 is 5.39 Å². The predicted octanol–water partition coefficient (Wildman–Crippen LogP) is -1.96. The van der Waals surface area contributed by atoms with Gasteiger partial charge in [0.05, 0.1) is 5.39 Å². The summed E-state index contributed by atoms with van der Waals surface area (Å²) in [6.45, 7) is 0. The Morgan fingerprint density at radius 2 is 1.00 bits per heavy atom. The highest BCUT2D eigenvalue weighted by Gasteiger charge is 1.70. The van der Waals surface area contributed by atoms with Gasteiger partial charge in [-0.25, -0.2) is 0 Å². The van der Waals surface area contributed by atoms with E-state index in [0.29, 0.717) is 0 Å². The van der Waals surface area contributed by atoms with Crippen molar-refractivity contribution in [1.82, 2.24) is 0 Å². The van der Waals surface area contributed by atoms with Gasteiger partial charge in [-0.05, 0) is 0 Å². The zero-order valence-corrected chi connectivity index (χ0v) is 1.84. The van der Waals surface area contributed by atoms with Gasteiger partial charge in [-0.3, -0.25) is 0 Å². The molecule has 0 aromatic heterocycles. The molecule has 0 aromatic rings. The lowest BCUT2D eigenvalue weighted by molar-refractivity contribution is -1.37. The zero-order chi connectivity index (χ0) is 3.58. The minimum Gasteiger partial charge on any atom is -0.148 e. The first-order valence-corrected chi connectivity index (χ1v) is 0.671. The molecule has 0 saturated heterocycles. The number of hydrogen-bond donors (Lipinski definition) is 4. The van der Waals surface area contributed by atoms with Crippen LogP contribution >= 0.6 is 0 Å². The number of hydrogen-bond acceptors (Lipinski definition) is 3. The van der Waals surface area contributed by atoms with Crippen LogP contribution in [0.1, 0.15) is 0 Å². The average Bonchev–Trinajstić information content (AvgIpc) is 0.811. The zero-order valence-electron chi connectivity index (χ0n) is 1.84. The molecule has 0 spiro atoms. The summed E-state index contributed by atoms with van der Waals surface area (Å²) in [6, 6.07) is 0. The quantitative estimate of drug-likeness (QED) is 0.248. The topological polar surface area (TPSA) is 65.1 Å². The molecule has 0 aliphatic carbocycles. The molecule has 0 heterocycles. The van der Waals surface area contributed by atoms with Gasteiger partial charge in [0.15, 0.2) is 0 Å². The molecule has 26 valence electrons. The molecule has 0 saturated carbocycles. The molecular formula is H4NO3+. The fourth-order valence-corrected chi connectivity index (χ4v) is 0. The highest BCUT2D eigenvalue weighted by atomic mass is 17.0. The van der Waals surface area contributed by atoms with Gasteiger partial charge in [-0.1, -0.05) is 0 Å². The van der Waals surface area contributed by atoms with Gasteiger partial charge < -0.3 is 0 Å². The maximum absolute atomic E-state index is 7.08. The molecule has 4 heavy (non-hydrogen) atoms. The maximum Gasteiger partial charge on any atom is 0.0730 e. The van der Waals surface area contributed by atoms with Gasteiger partial charge in [0.1, 0.15) is 0 Å². The molecule has 0 atom stereocenters. The van der Waals surface area contributed by atoms with Crippen molar-refractivity contribution in [2.75, 3.05) is 0 Å². The van der Waals surface area contributed by atoms with E-state index in [0.717, 1.165) is 0 Å². The first-order valence-electron chi connectivity index (χ1n) is 0.671. The number of nitrogens with one attached hydrogen (secondary N) is 1. The third-order valence-corrected chi connectivity index (χ3v) is 0. The van der Waals surface area contributed by atoms with Crippen LogP contribution in [-0.4, -0.2) is 15.6 Å². The van der Waals surface area contributed by atoms with Crippen molar-refractivity contribution in [3.8, 4) is 0 Å². The van der Waals surface area contributed by atoms with Gasteiger partial charge in [0.2, 0.25) is 0 Å². The largest absolute Gasteiger partial charge is 0.148 e. The molecule has 0 bridgehead atoms. The molecule has 0 rings (SSSR count). The van der Waals surface area contributed by atoms with Crippen molar-refractivity contribution in [3.05, 3.63) is 0 Å². The van der Waals surface area contributed by atoms with Crippen LogP contribution in [0.5, 0.6) is 0 Å². The standard InChI is InChI=1S/H4NO3/c2-1(3)4/h1-4H/q+1. The van der Waals surface area contributed by atoms with Gasteiger partial charge in [-0.15, -0.1) is 15.6 Å². The Kier molecular flexibility index (Phi) is 1.14. The second kappa shape index (κ2) is 1.19. The molecule has 4 heteroatoms. The van der Waals surface area contributed by atoms with Crippen LogP contribution in [0.2, 0.25) is 0 Å². The fraction of sp³-hybridized carbons (Fsp3) is 0. The van der Waals surface area contributed by atoms with Crippen LogP contribution in [0, 0.1) is 0 Å². The van der Waals surface area contributed by atoms with Crippen LogP contribution in [0.3, 0.4) is 0 Å². The van der Waals surface area contributed by atoms with E-state index in [1.165, 1.54) is 0 Å². The van der Waals surface area contributed by atoms with Gasteiger partial charge >= 0.3 is 0 Å². The Labute approximate surface area is 22.4 Å². The SMILES string of the molecule is O[NH+](O)O. The molecule has 0 aliphatic heterocycles. The van der Waals surface area contributed by atoms with Crippen LogP contribution in [0.25, 0.3) is 0 Å². The van der Waals surface area contributed by atoms with Crippen molar-refractivity contribution in [3.63, 3.8) is 0 Å². The minimum atomic E-state index is -1.58. The van der Waals surface area contributed by atoms with E-state index >= 15 is 0 Å². The highest BCUT2D eigenvalue weighted by Crippen LogP contribution is 0.803. The van der Waals surface area contributed by atoms with Crippen molar-refractivity contribution in [2.24, 2.45) is 0 Å². The third kappa shape index (κ3) is 50.7. The van der Waals surface area contributed by atoms with Gasteiger partial charge in [0, 0.05) is 0 Å². The van der Waals surface area contributed by atoms with E-state index in [9.17, 15) is 0 Å². The Morgan fingerprint density at radius 3 is 1.00 bits per heavy atom. The van der Waals surface area contributed by atoms with E-state index in [-0.39, 0.29) is 0 Å². The molecule has 0 fully saturated rings. The number of quaternary nitrogens is 1. The summed E-state index contributed by atoms with van der Waals surface area (Å²) < 4.78 is 0. The van der Waals surface area contributed by atoms with E-state index in [4.69, 9.17) is 15.6 Å². The lowest BCUT2D eigenvalue weighted by Crippen LogP contribution is -3.04. The van der Waals surface area contributed by atoms with Crippen LogP contribution in [0.15, 0.2) is 0 Å². The molecular weight excluding hydrogens is 62.0 g/mol. The molecule has 0 aromatic carbocycles. The van der Waals surface area contributed by atoms with Gasteiger partial charge in [0.25, 0.3) is 0 Å².